The first-order valence-corrected chi connectivity index (χ1v) is 19.2. The summed E-state index contributed by atoms with van der Waals surface area (Å²) in [7, 11) is 0. The van der Waals surface area contributed by atoms with Crippen molar-refractivity contribution in [2.75, 3.05) is 0 Å². The topological polar surface area (TPSA) is 65.3 Å². The third-order valence-corrected chi connectivity index (χ3v) is 9.38. The minimum atomic E-state index is -0.923. The second kappa shape index (κ2) is 13.4. The van der Waals surface area contributed by atoms with E-state index in [0.717, 1.165) is 89.8 Å². The number of benzene rings is 4. The Bertz CT molecular complexity index is 2490. The number of rotatable bonds is 0. The Hall–Kier alpha value is -5.76. The number of nitrogens with zero attached hydrogens (tertiary/aromatic N) is 8. The molecule has 6 aliphatic rings. The van der Waals surface area contributed by atoms with Gasteiger partial charge in [-0.15, -0.1) is 9.15 Å². The molecule has 8 nitrogen and oxygen atoms in total. The molecule has 6 aromatic rings. The molecule has 8 heteroatoms. The third kappa shape index (κ3) is 4.09. The highest BCUT2D eigenvalue weighted by Crippen LogP contribution is 2.52. The van der Waals surface area contributed by atoms with Crippen molar-refractivity contribution in [1.82, 2.24) is 9.13 Å². The number of aromatic nitrogens is 2. The van der Waals surface area contributed by atoms with E-state index < -0.39 is 5.91 Å². The zero-order valence-corrected chi connectivity index (χ0v) is 32.0. The van der Waals surface area contributed by atoms with E-state index >= 15 is 0 Å². The quantitative estimate of drug-likeness (QED) is 0.143. The number of amidine groups is 4. The molecule has 0 N–H and O–H groups in total. The van der Waals surface area contributed by atoms with Gasteiger partial charge < -0.3 is 0 Å². The van der Waals surface area contributed by atoms with Gasteiger partial charge in [0.05, 0.1) is 22.3 Å². The summed E-state index contributed by atoms with van der Waals surface area (Å²) in [6, 6.07) is 34.0. The molecule has 0 bridgehead atoms. The molecular formula is C44H48N8+2. The molecule has 0 unspecified atom stereocenters. The Balaban J connectivity index is 0.000000351. The fraction of sp³-hybridized carbons (Fsp3) is 0.273. The van der Waals surface area contributed by atoms with Crippen molar-refractivity contribution >= 4 is 56.5 Å². The van der Waals surface area contributed by atoms with Crippen LogP contribution >= 0.6 is 0 Å². The first-order valence-electron chi connectivity index (χ1n) is 19.2. The summed E-state index contributed by atoms with van der Waals surface area (Å²) in [5, 5.41) is 4.33. The van der Waals surface area contributed by atoms with Crippen LogP contribution in [0.4, 0.5) is 11.6 Å². The Morgan fingerprint density at radius 3 is 1.15 bits per heavy atom. The van der Waals surface area contributed by atoms with Gasteiger partial charge in [0.1, 0.15) is 0 Å². The molecule has 2 aromatic heterocycles. The molecule has 52 heavy (non-hydrogen) atoms. The van der Waals surface area contributed by atoms with Gasteiger partial charge in [-0.05, 0) is 48.5 Å². The maximum absolute atomic E-state index is 5.42. The number of fused-ring (bicyclic) bond motifs is 12. The van der Waals surface area contributed by atoms with Crippen LogP contribution in [0.25, 0.3) is 21.5 Å². The van der Waals surface area contributed by atoms with Gasteiger partial charge >= 0.3 is 5.91 Å². The van der Waals surface area contributed by atoms with Crippen molar-refractivity contribution in [3.8, 4) is 0 Å². The van der Waals surface area contributed by atoms with Crippen LogP contribution in [0, 0.1) is 0 Å². The first-order chi connectivity index (χ1) is 25.8. The van der Waals surface area contributed by atoms with Crippen molar-refractivity contribution in [3.63, 3.8) is 0 Å². The molecule has 0 atom stereocenters. The average molecular weight is 689 g/mol. The SMILES string of the molecule is CC.CC.CC.CC.CCC.c1ccc2c(c1)C1=Nc3c4ccccc4c4n3C35n6c(c7ccccc7c6=NC6=[N+]3C(=N4)c3ccccc36)=NC2=[N+]15. The van der Waals surface area contributed by atoms with E-state index in [1.54, 1.807) is 0 Å². The van der Waals surface area contributed by atoms with Crippen LogP contribution in [0.15, 0.2) is 117 Å². The summed E-state index contributed by atoms with van der Waals surface area (Å²) >= 11 is 0. The molecule has 8 heterocycles. The van der Waals surface area contributed by atoms with E-state index in [4.69, 9.17) is 20.0 Å². The largest absolute Gasteiger partial charge is 0.404 e. The maximum Gasteiger partial charge on any atom is 0.404 e. The van der Waals surface area contributed by atoms with E-state index in [9.17, 15) is 0 Å². The minimum absolute atomic E-state index is 0.898. The Labute approximate surface area is 305 Å². The van der Waals surface area contributed by atoms with Crippen molar-refractivity contribution in [2.24, 2.45) is 20.0 Å². The predicted octanol–water partition coefficient (Wildman–Crippen LogP) is 9.23. The zero-order valence-electron chi connectivity index (χ0n) is 32.0. The van der Waals surface area contributed by atoms with Crippen LogP contribution in [0.3, 0.4) is 0 Å². The fourth-order valence-electron chi connectivity index (χ4n) is 7.88. The summed E-state index contributed by atoms with van der Waals surface area (Å²) in [5.41, 5.74) is 6.13. The van der Waals surface area contributed by atoms with Crippen molar-refractivity contribution < 1.29 is 9.15 Å². The molecule has 0 saturated carbocycles. The lowest BCUT2D eigenvalue weighted by Gasteiger charge is -2.40. The lowest BCUT2D eigenvalue weighted by molar-refractivity contribution is -0.790. The van der Waals surface area contributed by atoms with Gasteiger partial charge in [-0.3, -0.25) is 0 Å². The standard InChI is InChI=1S/C33H16N8.C3H8.4C2H6/c1-2-10-18-17(9-1)25-34-27-19-11-3-4-12-20(19)29-36-31-23-15-7-8-16-24(23)32-37-30-22-14-6-5-13-21(22)28-35-26(18)38(25)33(39(27)29,40(28)30)41(31)32;1-3-2;4*1-2/h1-16H;3H2,1-2H3;4*1-2H3/q+2;;;;;. The van der Waals surface area contributed by atoms with E-state index in [1.165, 1.54) is 6.42 Å². The first kappa shape index (κ1) is 34.7. The van der Waals surface area contributed by atoms with Crippen molar-refractivity contribution in [3.05, 3.63) is 130 Å². The summed E-state index contributed by atoms with van der Waals surface area (Å²) < 4.78 is 9.32. The van der Waals surface area contributed by atoms with Crippen LogP contribution < -0.4 is 11.0 Å². The molecule has 6 aliphatic heterocycles. The van der Waals surface area contributed by atoms with E-state index in [2.05, 4.69) is 129 Å². The van der Waals surface area contributed by atoms with E-state index in [-0.39, 0.29) is 0 Å². The van der Waals surface area contributed by atoms with Crippen LogP contribution in [-0.2, 0) is 5.91 Å². The molecule has 1 spiro atoms. The van der Waals surface area contributed by atoms with Crippen LogP contribution in [0.5, 0.6) is 0 Å². The molecule has 0 radical (unpaired) electrons. The van der Waals surface area contributed by atoms with E-state index in [1.807, 2.05) is 55.4 Å². The van der Waals surface area contributed by atoms with Crippen LogP contribution in [-0.4, -0.2) is 41.6 Å². The van der Waals surface area contributed by atoms with Gasteiger partial charge in [0.15, 0.2) is 0 Å². The maximum atomic E-state index is 5.42. The third-order valence-electron chi connectivity index (χ3n) is 9.38. The highest BCUT2D eigenvalue weighted by atomic mass is 15.7. The Morgan fingerprint density at radius 2 is 0.769 bits per heavy atom. The average Bonchev–Trinajstić information content (AvgIpc) is 3.94. The lowest BCUT2D eigenvalue weighted by atomic mass is 10.1. The summed E-state index contributed by atoms with van der Waals surface area (Å²) in [6.07, 6.45) is 1.25. The van der Waals surface area contributed by atoms with Gasteiger partial charge in [-0.25, -0.2) is 0 Å². The summed E-state index contributed by atoms with van der Waals surface area (Å²) in [5.74, 6) is 4.46. The highest BCUT2D eigenvalue weighted by molar-refractivity contribution is 6.20. The van der Waals surface area contributed by atoms with Gasteiger partial charge in [-0.1, -0.05) is 144 Å². The van der Waals surface area contributed by atoms with Gasteiger partial charge in [-0.2, -0.15) is 9.13 Å². The number of hydrogen-bond donors (Lipinski definition) is 0. The fourth-order valence-corrected chi connectivity index (χ4v) is 7.88. The molecule has 262 valence electrons. The zero-order chi connectivity index (χ0) is 36.9. The second-order valence-corrected chi connectivity index (χ2v) is 11.9. The predicted molar refractivity (Wildman–Crippen MR) is 215 cm³/mol. The van der Waals surface area contributed by atoms with Gasteiger partial charge in [0, 0.05) is 21.5 Å². The van der Waals surface area contributed by atoms with Gasteiger partial charge in [0.2, 0.25) is 22.6 Å². The molecule has 0 amide bonds. The summed E-state index contributed by atoms with van der Waals surface area (Å²) in [6.45, 7) is 20.2. The van der Waals surface area contributed by atoms with Gasteiger partial charge in [0.25, 0.3) is 23.3 Å². The van der Waals surface area contributed by atoms with Crippen LogP contribution in [0.2, 0.25) is 0 Å². The number of aliphatic imine (C=N–C) groups is 2. The molecule has 0 fully saturated rings. The monoisotopic (exact) mass is 688 g/mol. The van der Waals surface area contributed by atoms with E-state index in [0.29, 0.717) is 0 Å². The summed E-state index contributed by atoms with van der Waals surface area (Å²) in [4.78, 5) is 21.7. The van der Waals surface area contributed by atoms with Crippen molar-refractivity contribution in [1.29, 1.82) is 0 Å². The second-order valence-electron chi connectivity index (χ2n) is 11.9. The molecule has 0 aliphatic carbocycles. The molecule has 0 saturated heterocycles. The Morgan fingerprint density at radius 1 is 0.442 bits per heavy atom. The minimum Gasteiger partial charge on any atom is -0.192 e. The van der Waals surface area contributed by atoms with Crippen molar-refractivity contribution in [2.45, 2.75) is 81.6 Å². The lowest BCUT2D eigenvalue weighted by Crippen LogP contribution is -2.71. The molecule has 4 aromatic carbocycles. The smallest absolute Gasteiger partial charge is 0.192 e. The molecule has 12 rings (SSSR count). The number of hydrogen-bond acceptors (Lipinski definition) is 4. The Kier molecular flexibility index (Phi) is 8.95. The van der Waals surface area contributed by atoms with Crippen LogP contribution in [0.1, 0.15) is 97.9 Å². The normalized spacial score (nSPS) is 15.3. The highest BCUT2D eigenvalue weighted by Gasteiger charge is 2.69. The molecular weight excluding hydrogens is 641 g/mol.